The van der Waals surface area contributed by atoms with Crippen molar-refractivity contribution in [2.45, 2.75) is 27.3 Å². The summed E-state index contributed by atoms with van der Waals surface area (Å²) in [7, 11) is 1.69. The summed E-state index contributed by atoms with van der Waals surface area (Å²) in [6, 6.07) is 6.17. The van der Waals surface area contributed by atoms with E-state index in [1.54, 1.807) is 7.11 Å². The zero-order valence-electron chi connectivity index (χ0n) is 12.1. The van der Waals surface area contributed by atoms with Gasteiger partial charge in [0.05, 0.1) is 13.7 Å². The Morgan fingerprint density at radius 1 is 1.21 bits per heavy atom. The van der Waals surface area contributed by atoms with Crippen molar-refractivity contribution in [1.82, 2.24) is 10.6 Å². The Kier molecular flexibility index (Phi) is 9.38. The Labute approximate surface area is 133 Å². The molecule has 4 nitrogen and oxygen atoms in total. The fourth-order valence-corrected chi connectivity index (χ4v) is 1.66. The van der Waals surface area contributed by atoms with E-state index in [0.717, 1.165) is 30.4 Å². The number of methoxy groups -OCH3 is 1. The van der Waals surface area contributed by atoms with Crippen LogP contribution in [0.15, 0.2) is 23.2 Å². The predicted molar refractivity (Wildman–Crippen MR) is 91.6 cm³/mol. The minimum Gasteiger partial charge on any atom is -0.496 e. The lowest BCUT2D eigenvalue weighted by Gasteiger charge is -2.11. The number of halogens is 1. The summed E-state index contributed by atoms with van der Waals surface area (Å²) in [5, 5.41) is 6.40. The Hall–Kier alpha value is -0.980. The second-order valence-electron chi connectivity index (χ2n) is 4.04. The van der Waals surface area contributed by atoms with Crippen molar-refractivity contribution >= 4 is 29.9 Å². The van der Waals surface area contributed by atoms with Crippen LogP contribution in [0.25, 0.3) is 0 Å². The summed E-state index contributed by atoms with van der Waals surface area (Å²) in [6.45, 7) is 8.49. The highest BCUT2D eigenvalue weighted by Gasteiger charge is 2.03. The summed E-state index contributed by atoms with van der Waals surface area (Å²) in [5.74, 6) is 1.73. The van der Waals surface area contributed by atoms with Gasteiger partial charge in [-0.3, -0.25) is 0 Å². The molecular formula is C14H24IN3O. The van der Waals surface area contributed by atoms with Crippen LogP contribution in [0, 0.1) is 6.92 Å². The van der Waals surface area contributed by atoms with Crippen LogP contribution < -0.4 is 15.4 Å². The maximum atomic E-state index is 5.37. The molecule has 0 radical (unpaired) electrons. The van der Waals surface area contributed by atoms with E-state index in [-0.39, 0.29) is 24.0 Å². The molecule has 0 spiro atoms. The van der Waals surface area contributed by atoms with Gasteiger partial charge in [0.1, 0.15) is 5.75 Å². The number of nitrogens with zero attached hydrogens (tertiary/aromatic N) is 1. The Morgan fingerprint density at radius 2 is 1.84 bits per heavy atom. The molecule has 0 amide bonds. The second-order valence-corrected chi connectivity index (χ2v) is 4.04. The van der Waals surface area contributed by atoms with E-state index in [4.69, 9.17) is 4.74 Å². The number of aliphatic imine (C=N–C) groups is 1. The molecule has 5 heteroatoms. The molecular weight excluding hydrogens is 353 g/mol. The first-order valence-electron chi connectivity index (χ1n) is 6.37. The van der Waals surface area contributed by atoms with Crippen molar-refractivity contribution < 1.29 is 4.74 Å². The van der Waals surface area contributed by atoms with Crippen molar-refractivity contribution in [3.63, 3.8) is 0 Å². The molecule has 2 N–H and O–H groups in total. The molecule has 0 aromatic heterocycles. The second kappa shape index (κ2) is 9.89. The number of hydrogen-bond acceptors (Lipinski definition) is 2. The van der Waals surface area contributed by atoms with E-state index in [1.165, 1.54) is 5.56 Å². The Balaban J connectivity index is 0.00000324. The van der Waals surface area contributed by atoms with E-state index in [0.29, 0.717) is 6.54 Å². The summed E-state index contributed by atoms with van der Waals surface area (Å²) in [6.07, 6.45) is 0. The highest BCUT2D eigenvalue weighted by atomic mass is 127. The maximum Gasteiger partial charge on any atom is 0.191 e. The van der Waals surface area contributed by atoms with Crippen LogP contribution in [-0.2, 0) is 6.54 Å². The molecule has 1 rings (SSSR count). The first-order valence-corrected chi connectivity index (χ1v) is 6.37. The third-order valence-corrected chi connectivity index (χ3v) is 2.54. The van der Waals surface area contributed by atoms with E-state index in [1.807, 2.05) is 6.07 Å². The highest BCUT2D eigenvalue weighted by Crippen LogP contribution is 2.20. The first kappa shape index (κ1) is 18.0. The molecule has 0 aliphatic heterocycles. The predicted octanol–water partition coefficient (Wildman–Crippen LogP) is 2.70. The van der Waals surface area contributed by atoms with E-state index < -0.39 is 0 Å². The van der Waals surface area contributed by atoms with Gasteiger partial charge >= 0.3 is 0 Å². The van der Waals surface area contributed by atoms with Crippen LogP contribution in [0.2, 0.25) is 0 Å². The maximum absolute atomic E-state index is 5.37. The number of nitrogens with one attached hydrogen (secondary N) is 2. The van der Waals surface area contributed by atoms with Gasteiger partial charge in [0, 0.05) is 18.7 Å². The molecule has 1 aromatic rings. The van der Waals surface area contributed by atoms with Gasteiger partial charge in [0.15, 0.2) is 5.96 Å². The van der Waals surface area contributed by atoms with Crippen molar-refractivity contribution in [2.24, 2.45) is 4.99 Å². The fourth-order valence-electron chi connectivity index (χ4n) is 1.66. The van der Waals surface area contributed by atoms with Crippen molar-refractivity contribution in [3.05, 3.63) is 29.3 Å². The normalized spacial score (nSPS) is 9.26. The average Bonchev–Trinajstić information content (AvgIpc) is 2.37. The van der Waals surface area contributed by atoms with Crippen molar-refractivity contribution in [3.8, 4) is 5.75 Å². The molecule has 0 atom stereocenters. The topological polar surface area (TPSA) is 45.7 Å². The molecule has 0 fully saturated rings. The van der Waals surface area contributed by atoms with Gasteiger partial charge in [-0.05, 0) is 32.4 Å². The lowest BCUT2D eigenvalue weighted by atomic mass is 10.1. The molecule has 0 aliphatic rings. The smallest absolute Gasteiger partial charge is 0.191 e. The van der Waals surface area contributed by atoms with Gasteiger partial charge in [0.2, 0.25) is 0 Å². The number of ether oxygens (including phenoxy) is 1. The largest absolute Gasteiger partial charge is 0.496 e. The molecule has 1 aromatic carbocycles. The van der Waals surface area contributed by atoms with Gasteiger partial charge in [-0.1, -0.05) is 12.1 Å². The monoisotopic (exact) mass is 377 g/mol. The van der Waals surface area contributed by atoms with E-state index in [9.17, 15) is 0 Å². The van der Waals surface area contributed by atoms with Gasteiger partial charge in [-0.25, -0.2) is 4.99 Å². The average molecular weight is 377 g/mol. The summed E-state index contributed by atoms with van der Waals surface area (Å²) >= 11 is 0. The number of rotatable bonds is 5. The zero-order chi connectivity index (χ0) is 13.4. The molecule has 0 saturated heterocycles. The zero-order valence-corrected chi connectivity index (χ0v) is 14.4. The summed E-state index contributed by atoms with van der Waals surface area (Å²) < 4.78 is 5.37. The van der Waals surface area contributed by atoms with Gasteiger partial charge < -0.3 is 15.4 Å². The minimum atomic E-state index is 0. The molecule has 0 unspecified atom stereocenters. The molecule has 0 saturated carbocycles. The van der Waals surface area contributed by atoms with Crippen LogP contribution >= 0.6 is 24.0 Å². The Bertz CT molecular complexity index is 400. The first-order chi connectivity index (χ1) is 8.71. The fraction of sp³-hybridized carbons (Fsp3) is 0.500. The van der Waals surface area contributed by atoms with E-state index in [2.05, 4.69) is 48.5 Å². The molecule has 0 heterocycles. The number of benzene rings is 1. The van der Waals surface area contributed by atoms with Crippen LogP contribution in [-0.4, -0.2) is 26.2 Å². The van der Waals surface area contributed by atoms with E-state index >= 15 is 0 Å². The Morgan fingerprint density at radius 3 is 2.37 bits per heavy atom. The SMILES string of the molecule is CCNC(=NCc1ccc(C)cc1OC)NCC.I. The quantitative estimate of drug-likeness (QED) is 0.471. The van der Waals surface area contributed by atoms with Crippen LogP contribution in [0.4, 0.5) is 0 Å². The van der Waals surface area contributed by atoms with Gasteiger partial charge in [-0.15, -0.1) is 24.0 Å². The number of guanidine groups is 1. The summed E-state index contributed by atoms with van der Waals surface area (Å²) in [5.41, 5.74) is 2.29. The van der Waals surface area contributed by atoms with Crippen LogP contribution in [0.1, 0.15) is 25.0 Å². The van der Waals surface area contributed by atoms with Crippen LogP contribution in [0.5, 0.6) is 5.75 Å². The number of aryl methyl sites for hydroxylation is 1. The molecule has 0 bridgehead atoms. The van der Waals surface area contributed by atoms with Crippen molar-refractivity contribution in [2.75, 3.05) is 20.2 Å². The van der Waals surface area contributed by atoms with Gasteiger partial charge in [-0.2, -0.15) is 0 Å². The van der Waals surface area contributed by atoms with Crippen molar-refractivity contribution in [1.29, 1.82) is 0 Å². The van der Waals surface area contributed by atoms with Crippen LogP contribution in [0.3, 0.4) is 0 Å². The third-order valence-electron chi connectivity index (χ3n) is 2.54. The lowest BCUT2D eigenvalue weighted by Crippen LogP contribution is -2.36. The van der Waals surface area contributed by atoms with Gasteiger partial charge in [0.25, 0.3) is 0 Å². The summed E-state index contributed by atoms with van der Waals surface area (Å²) in [4.78, 5) is 4.53. The third kappa shape index (κ3) is 6.13. The molecule has 19 heavy (non-hydrogen) atoms. The standard InChI is InChI=1S/C14H23N3O.HI/c1-5-15-14(16-6-2)17-10-12-8-7-11(3)9-13(12)18-4;/h7-9H,5-6,10H2,1-4H3,(H2,15,16,17);1H. The lowest BCUT2D eigenvalue weighted by molar-refractivity contribution is 0.409. The number of hydrogen-bond donors (Lipinski definition) is 2. The molecule has 0 aliphatic carbocycles. The highest BCUT2D eigenvalue weighted by molar-refractivity contribution is 14.0. The molecule has 108 valence electrons. The minimum absolute atomic E-state index is 0.